The number of carbonyl (C=O) groups is 2. The second-order valence-corrected chi connectivity index (χ2v) is 7.62. The highest BCUT2D eigenvalue weighted by Crippen LogP contribution is 2.19. The second-order valence-electron chi connectivity index (χ2n) is 7.62. The Bertz CT molecular complexity index is 612. The van der Waals surface area contributed by atoms with E-state index in [9.17, 15) is 9.59 Å². The predicted octanol–water partition coefficient (Wildman–Crippen LogP) is 4.79. The van der Waals surface area contributed by atoms with Crippen molar-refractivity contribution >= 4 is 18.3 Å². The van der Waals surface area contributed by atoms with Crippen molar-refractivity contribution in [2.75, 3.05) is 0 Å². The van der Waals surface area contributed by atoms with Crippen LogP contribution >= 0.6 is 0 Å². The van der Waals surface area contributed by atoms with Crippen LogP contribution in [0.15, 0.2) is 24.5 Å². The Morgan fingerprint density at radius 2 is 1.60 bits per heavy atom. The van der Waals surface area contributed by atoms with Crippen LogP contribution in [-0.2, 0) is 16.0 Å². The maximum atomic E-state index is 12.5. The third-order valence-electron chi connectivity index (χ3n) is 2.85. The second kappa shape index (κ2) is 8.14. The lowest BCUT2D eigenvalue weighted by atomic mass is 10.1. The van der Waals surface area contributed by atoms with Gasteiger partial charge in [0.05, 0.1) is 6.54 Å². The van der Waals surface area contributed by atoms with Crippen molar-refractivity contribution in [1.29, 1.82) is 0 Å². The minimum Gasteiger partial charge on any atom is -0.443 e. The van der Waals surface area contributed by atoms with Gasteiger partial charge in [0.25, 0.3) is 0 Å². The number of aromatic nitrogens is 1. The maximum absolute atomic E-state index is 12.5. The molecular formula is C19H28N2O4. The fourth-order valence-corrected chi connectivity index (χ4v) is 1.92. The smallest absolute Gasteiger partial charge is 0.420 e. The molecule has 0 aromatic carbocycles. The van der Waals surface area contributed by atoms with E-state index < -0.39 is 23.4 Å². The standard InChI is InChI=1S/C19H28N2O4/c1-8-9-14-12-20-11-10-15(14)13-21(16(22)24-18(2,3)4)17(23)25-19(5,6)7/h8-12H,13H2,1-7H3/b9-8+. The SMILES string of the molecule is C/C=C/c1cnccc1CN(C(=O)OC(C)(C)C)C(=O)OC(C)(C)C. The highest BCUT2D eigenvalue weighted by atomic mass is 16.6. The summed E-state index contributed by atoms with van der Waals surface area (Å²) in [5.74, 6) is 0. The molecule has 0 saturated carbocycles. The average molecular weight is 348 g/mol. The lowest BCUT2D eigenvalue weighted by Gasteiger charge is -2.28. The molecule has 0 bridgehead atoms. The van der Waals surface area contributed by atoms with E-state index >= 15 is 0 Å². The van der Waals surface area contributed by atoms with Crippen molar-refractivity contribution in [3.63, 3.8) is 0 Å². The first-order chi connectivity index (χ1) is 11.4. The Morgan fingerprint density at radius 3 is 2.04 bits per heavy atom. The lowest BCUT2D eigenvalue weighted by molar-refractivity contribution is -0.000253. The zero-order valence-electron chi connectivity index (χ0n) is 16.1. The van der Waals surface area contributed by atoms with E-state index in [1.807, 2.05) is 19.1 Å². The molecule has 2 amide bonds. The van der Waals surface area contributed by atoms with Gasteiger partial charge in [0, 0.05) is 12.4 Å². The number of hydrogen-bond acceptors (Lipinski definition) is 5. The first-order valence-electron chi connectivity index (χ1n) is 8.22. The van der Waals surface area contributed by atoms with Crippen LogP contribution in [0.1, 0.15) is 59.6 Å². The predicted molar refractivity (Wildman–Crippen MR) is 97.0 cm³/mol. The summed E-state index contributed by atoms with van der Waals surface area (Å²) in [5, 5.41) is 0. The molecule has 0 atom stereocenters. The molecular weight excluding hydrogens is 320 g/mol. The van der Waals surface area contributed by atoms with Crippen LogP contribution in [0.2, 0.25) is 0 Å². The van der Waals surface area contributed by atoms with Crippen molar-refractivity contribution in [3.05, 3.63) is 35.7 Å². The highest BCUT2D eigenvalue weighted by molar-refractivity contribution is 5.88. The third-order valence-corrected chi connectivity index (χ3v) is 2.85. The van der Waals surface area contributed by atoms with Gasteiger partial charge in [-0.15, -0.1) is 0 Å². The number of allylic oxidation sites excluding steroid dienone is 1. The first-order valence-corrected chi connectivity index (χ1v) is 8.22. The number of rotatable bonds is 3. The molecule has 0 spiro atoms. The van der Waals surface area contributed by atoms with Gasteiger partial charge in [-0.05, 0) is 65.7 Å². The maximum Gasteiger partial charge on any atom is 0.420 e. The van der Waals surface area contributed by atoms with Crippen LogP contribution in [0.3, 0.4) is 0 Å². The van der Waals surface area contributed by atoms with E-state index in [0.29, 0.717) is 0 Å². The van der Waals surface area contributed by atoms with Crippen LogP contribution < -0.4 is 0 Å². The van der Waals surface area contributed by atoms with Gasteiger partial charge in [-0.3, -0.25) is 4.98 Å². The van der Waals surface area contributed by atoms with Gasteiger partial charge in [0.1, 0.15) is 11.2 Å². The van der Waals surface area contributed by atoms with E-state index in [1.165, 1.54) is 0 Å². The summed E-state index contributed by atoms with van der Waals surface area (Å²) in [4.78, 5) is 30.1. The Kier molecular flexibility index (Phi) is 6.73. The zero-order chi connectivity index (χ0) is 19.3. The van der Waals surface area contributed by atoms with Gasteiger partial charge in [0.15, 0.2) is 0 Å². The molecule has 138 valence electrons. The Balaban J connectivity index is 3.14. The molecule has 0 aliphatic carbocycles. The van der Waals surface area contributed by atoms with Crippen LogP contribution in [-0.4, -0.2) is 33.3 Å². The van der Waals surface area contributed by atoms with Crippen molar-refractivity contribution in [1.82, 2.24) is 9.88 Å². The third kappa shape index (κ3) is 7.37. The van der Waals surface area contributed by atoms with Gasteiger partial charge < -0.3 is 9.47 Å². The molecule has 0 fully saturated rings. The average Bonchev–Trinajstić information content (AvgIpc) is 2.42. The zero-order valence-corrected chi connectivity index (χ0v) is 16.1. The minimum atomic E-state index is -0.745. The molecule has 1 heterocycles. The van der Waals surface area contributed by atoms with Crippen molar-refractivity contribution < 1.29 is 19.1 Å². The highest BCUT2D eigenvalue weighted by Gasteiger charge is 2.31. The normalized spacial score (nSPS) is 12.1. The summed E-state index contributed by atoms with van der Waals surface area (Å²) in [6.45, 7) is 12.4. The molecule has 1 aromatic heterocycles. The van der Waals surface area contributed by atoms with Gasteiger partial charge in [-0.25, -0.2) is 14.5 Å². The van der Waals surface area contributed by atoms with Gasteiger partial charge >= 0.3 is 12.2 Å². The molecule has 1 aromatic rings. The van der Waals surface area contributed by atoms with E-state index in [2.05, 4.69) is 4.98 Å². The number of carbonyl (C=O) groups excluding carboxylic acids is 2. The summed E-state index contributed by atoms with van der Waals surface area (Å²) in [6, 6.07) is 1.76. The van der Waals surface area contributed by atoms with Crippen molar-refractivity contribution in [2.45, 2.75) is 66.2 Å². The lowest BCUT2D eigenvalue weighted by Crippen LogP contribution is -2.43. The monoisotopic (exact) mass is 348 g/mol. The summed E-state index contributed by atoms with van der Waals surface area (Å²) in [5.41, 5.74) is 0.149. The van der Waals surface area contributed by atoms with Crippen LogP contribution in [0.4, 0.5) is 9.59 Å². The number of imide groups is 1. The molecule has 1 rings (SSSR count). The quantitative estimate of drug-likeness (QED) is 0.786. The number of ether oxygens (including phenoxy) is 2. The molecule has 0 saturated heterocycles. The number of pyridine rings is 1. The van der Waals surface area contributed by atoms with Crippen molar-refractivity contribution in [3.8, 4) is 0 Å². The Labute approximate surface area is 149 Å². The molecule has 0 unspecified atom stereocenters. The number of nitrogens with zero attached hydrogens (tertiary/aromatic N) is 2. The van der Waals surface area contributed by atoms with E-state index in [0.717, 1.165) is 16.0 Å². The van der Waals surface area contributed by atoms with Crippen LogP contribution in [0, 0.1) is 0 Å². The number of hydrogen-bond donors (Lipinski definition) is 0. The summed E-state index contributed by atoms with van der Waals surface area (Å²) in [6.07, 6.45) is 5.54. The molecule has 0 aliphatic heterocycles. The molecule has 25 heavy (non-hydrogen) atoms. The summed E-state index contributed by atoms with van der Waals surface area (Å²) >= 11 is 0. The Morgan fingerprint density at radius 1 is 1.08 bits per heavy atom. The van der Waals surface area contributed by atoms with Crippen molar-refractivity contribution in [2.24, 2.45) is 0 Å². The Hall–Kier alpha value is -2.37. The van der Waals surface area contributed by atoms with Gasteiger partial charge in [-0.1, -0.05) is 12.2 Å². The fourth-order valence-electron chi connectivity index (χ4n) is 1.92. The molecule has 0 radical (unpaired) electrons. The number of amides is 2. The van der Waals surface area contributed by atoms with Crippen LogP contribution in [0.5, 0.6) is 0 Å². The summed E-state index contributed by atoms with van der Waals surface area (Å²) < 4.78 is 10.7. The molecule has 0 aliphatic rings. The fraction of sp³-hybridized carbons (Fsp3) is 0.526. The first kappa shape index (κ1) is 20.7. The molecule has 6 heteroatoms. The van der Waals surface area contributed by atoms with Crippen LogP contribution in [0.25, 0.3) is 6.08 Å². The minimum absolute atomic E-state index is 0.0338. The topological polar surface area (TPSA) is 68.7 Å². The molecule has 0 N–H and O–H groups in total. The van der Waals surface area contributed by atoms with E-state index in [4.69, 9.17) is 9.47 Å². The van der Waals surface area contributed by atoms with Gasteiger partial charge in [-0.2, -0.15) is 0 Å². The summed E-state index contributed by atoms with van der Waals surface area (Å²) in [7, 11) is 0. The van der Waals surface area contributed by atoms with E-state index in [-0.39, 0.29) is 6.54 Å². The largest absolute Gasteiger partial charge is 0.443 e. The molecule has 6 nitrogen and oxygen atoms in total. The van der Waals surface area contributed by atoms with E-state index in [1.54, 1.807) is 60.0 Å². The van der Waals surface area contributed by atoms with Gasteiger partial charge in [0.2, 0.25) is 0 Å².